The fourth-order valence-electron chi connectivity index (χ4n) is 2.65. The molecule has 0 bridgehead atoms. The van der Waals surface area contributed by atoms with Crippen molar-refractivity contribution in [1.82, 2.24) is 9.97 Å². The first-order valence-corrected chi connectivity index (χ1v) is 7.12. The van der Waals surface area contributed by atoms with Gasteiger partial charge in [0.1, 0.15) is 5.75 Å². The summed E-state index contributed by atoms with van der Waals surface area (Å²) < 4.78 is 0. The minimum Gasteiger partial charge on any atom is -0.508 e. The summed E-state index contributed by atoms with van der Waals surface area (Å²) in [7, 11) is 0. The van der Waals surface area contributed by atoms with Gasteiger partial charge in [-0.2, -0.15) is 0 Å². The monoisotopic (exact) mass is 286 g/mol. The number of nitrogens with one attached hydrogen (secondary N) is 1. The summed E-state index contributed by atoms with van der Waals surface area (Å²) in [6, 6.07) is 19.7. The quantitative estimate of drug-likeness (QED) is 0.565. The summed E-state index contributed by atoms with van der Waals surface area (Å²) in [4.78, 5) is 7.69. The molecule has 3 nitrogen and oxygen atoms in total. The molecule has 2 heterocycles. The van der Waals surface area contributed by atoms with Crippen LogP contribution in [0.25, 0.3) is 33.3 Å². The van der Waals surface area contributed by atoms with Crippen LogP contribution in [0.15, 0.2) is 73.1 Å². The van der Waals surface area contributed by atoms with Crippen LogP contribution < -0.4 is 0 Å². The van der Waals surface area contributed by atoms with E-state index < -0.39 is 0 Å². The molecule has 0 spiro atoms. The van der Waals surface area contributed by atoms with Gasteiger partial charge in [-0.25, -0.2) is 0 Å². The van der Waals surface area contributed by atoms with Gasteiger partial charge in [-0.1, -0.05) is 30.3 Å². The first kappa shape index (κ1) is 12.7. The van der Waals surface area contributed by atoms with Crippen LogP contribution in [0.3, 0.4) is 0 Å². The zero-order valence-electron chi connectivity index (χ0n) is 11.8. The number of phenols is 1. The minimum absolute atomic E-state index is 0.261. The smallest absolute Gasteiger partial charge is 0.117 e. The fraction of sp³-hybridized carbons (Fsp3) is 0. The van der Waals surface area contributed by atoms with E-state index in [2.05, 4.69) is 34.2 Å². The lowest BCUT2D eigenvalue weighted by Gasteiger charge is -2.03. The number of phenolic OH excluding ortho intramolecular Hbond substituents is 1. The predicted molar refractivity (Wildman–Crippen MR) is 88.6 cm³/mol. The Balaban J connectivity index is 1.81. The number of aromatic hydroxyl groups is 1. The second-order valence-corrected chi connectivity index (χ2v) is 5.28. The van der Waals surface area contributed by atoms with Gasteiger partial charge in [-0.3, -0.25) is 4.98 Å². The molecule has 2 aromatic carbocycles. The van der Waals surface area contributed by atoms with Gasteiger partial charge >= 0.3 is 0 Å². The Morgan fingerprint density at radius 3 is 2.45 bits per heavy atom. The molecule has 0 radical (unpaired) electrons. The molecule has 0 amide bonds. The largest absolute Gasteiger partial charge is 0.508 e. The van der Waals surface area contributed by atoms with Gasteiger partial charge in [0.25, 0.3) is 0 Å². The van der Waals surface area contributed by atoms with Crippen molar-refractivity contribution in [1.29, 1.82) is 0 Å². The molecule has 0 aliphatic heterocycles. The highest BCUT2D eigenvalue weighted by molar-refractivity contribution is 5.87. The molecule has 106 valence electrons. The molecule has 0 unspecified atom stereocenters. The number of rotatable bonds is 2. The number of benzene rings is 2. The number of aromatic amines is 1. The summed E-state index contributed by atoms with van der Waals surface area (Å²) in [5.74, 6) is 0.261. The summed E-state index contributed by atoms with van der Waals surface area (Å²) in [6.07, 6.45) is 3.71. The van der Waals surface area contributed by atoms with Crippen LogP contribution in [-0.4, -0.2) is 15.1 Å². The van der Waals surface area contributed by atoms with Crippen LogP contribution in [0, 0.1) is 0 Å². The van der Waals surface area contributed by atoms with Crippen LogP contribution in [0.5, 0.6) is 5.75 Å². The zero-order chi connectivity index (χ0) is 14.9. The van der Waals surface area contributed by atoms with Gasteiger partial charge < -0.3 is 10.1 Å². The van der Waals surface area contributed by atoms with Gasteiger partial charge in [0.05, 0.1) is 0 Å². The van der Waals surface area contributed by atoms with Crippen LogP contribution in [0.1, 0.15) is 0 Å². The first-order chi connectivity index (χ1) is 10.8. The standard InChI is InChI=1S/C19H14N2O/c22-17-7-6-14-9-18(21-19(14)10-17)16-8-15(11-20-12-16)13-4-2-1-3-5-13/h1-12,21-22H. The Labute approximate surface area is 127 Å². The van der Waals surface area contributed by atoms with Gasteiger partial charge in [0.15, 0.2) is 0 Å². The van der Waals surface area contributed by atoms with Gasteiger partial charge in [0.2, 0.25) is 0 Å². The molecule has 0 saturated carbocycles. The van der Waals surface area contributed by atoms with E-state index in [0.29, 0.717) is 0 Å². The average molecular weight is 286 g/mol. The zero-order valence-corrected chi connectivity index (χ0v) is 11.8. The third-order valence-corrected chi connectivity index (χ3v) is 3.76. The van der Waals surface area contributed by atoms with Crippen LogP contribution in [0.2, 0.25) is 0 Å². The third kappa shape index (κ3) is 2.23. The number of H-pyrrole nitrogens is 1. The van der Waals surface area contributed by atoms with Gasteiger partial charge in [-0.15, -0.1) is 0 Å². The molecule has 0 fully saturated rings. The third-order valence-electron chi connectivity index (χ3n) is 3.76. The number of hydrogen-bond acceptors (Lipinski definition) is 2. The lowest BCUT2D eigenvalue weighted by molar-refractivity contribution is 0.476. The Morgan fingerprint density at radius 1 is 0.773 bits per heavy atom. The molecule has 4 aromatic rings. The van der Waals surface area contributed by atoms with Crippen molar-refractivity contribution >= 4 is 10.9 Å². The first-order valence-electron chi connectivity index (χ1n) is 7.12. The second kappa shape index (κ2) is 5.04. The Bertz CT molecular complexity index is 942. The number of nitrogens with zero attached hydrogens (tertiary/aromatic N) is 1. The maximum absolute atomic E-state index is 9.57. The maximum atomic E-state index is 9.57. The van der Waals surface area contributed by atoms with E-state index in [4.69, 9.17) is 0 Å². The summed E-state index contributed by atoms with van der Waals surface area (Å²) in [5, 5.41) is 10.6. The number of hydrogen-bond donors (Lipinski definition) is 2. The number of pyridine rings is 1. The van der Waals surface area contributed by atoms with Crippen molar-refractivity contribution in [3.05, 3.63) is 73.1 Å². The molecule has 0 saturated heterocycles. The van der Waals surface area contributed by atoms with E-state index in [0.717, 1.165) is 33.3 Å². The van der Waals surface area contributed by atoms with Crippen molar-refractivity contribution in [2.45, 2.75) is 0 Å². The van der Waals surface area contributed by atoms with E-state index in [1.54, 1.807) is 12.1 Å². The number of aromatic nitrogens is 2. The molecular weight excluding hydrogens is 272 g/mol. The average Bonchev–Trinajstić information content (AvgIpc) is 2.99. The highest BCUT2D eigenvalue weighted by Gasteiger charge is 2.06. The fourth-order valence-corrected chi connectivity index (χ4v) is 2.65. The molecule has 22 heavy (non-hydrogen) atoms. The molecule has 4 rings (SSSR count). The maximum Gasteiger partial charge on any atom is 0.117 e. The molecular formula is C19H14N2O. The number of fused-ring (bicyclic) bond motifs is 1. The van der Waals surface area contributed by atoms with E-state index in [9.17, 15) is 5.11 Å². The Morgan fingerprint density at radius 2 is 1.59 bits per heavy atom. The van der Waals surface area contributed by atoms with Crippen molar-refractivity contribution in [2.75, 3.05) is 0 Å². The van der Waals surface area contributed by atoms with Gasteiger partial charge in [-0.05, 0) is 29.8 Å². The van der Waals surface area contributed by atoms with Crippen LogP contribution in [-0.2, 0) is 0 Å². The van der Waals surface area contributed by atoms with Crippen molar-refractivity contribution in [2.24, 2.45) is 0 Å². The van der Waals surface area contributed by atoms with Crippen molar-refractivity contribution < 1.29 is 5.11 Å². The lowest BCUT2D eigenvalue weighted by Crippen LogP contribution is -1.83. The SMILES string of the molecule is Oc1ccc2cc(-c3cncc(-c4ccccc4)c3)[nH]c2c1. The van der Waals surface area contributed by atoms with E-state index in [1.807, 2.05) is 36.7 Å². The molecule has 0 atom stereocenters. The van der Waals surface area contributed by atoms with Crippen molar-refractivity contribution in [3.8, 4) is 28.1 Å². The Kier molecular flexibility index (Phi) is 2.90. The predicted octanol–water partition coefficient (Wildman–Crippen LogP) is 4.60. The van der Waals surface area contributed by atoms with Gasteiger partial charge in [0, 0.05) is 46.2 Å². The van der Waals surface area contributed by atoms with E-state index in [-0.39, 0.29) is 5.75 Å². The summed E-state index contributed by atoms with van der Waals surface area (Å²) >= 11 is 0. The molecule has 0 aliphatic carbocycles. The highest BCUT2D eigenvalue weighted by Crippen LogP contribution is 2.28. The summed E-state index contributed by atoms with van der Waals surface area (Å²) in [5.41, 5.74) is 5.16. The summed E-state index contributed by atoms with van der Waals surface area (Å²) in [6.45, 7) is 0. The molecule has 0 aliphatic rings. The molecule has 2 N–H and O–H groups in total. The Hall–Kier alpha value is -3.07. The highest BCUT2D eigenvalue weighted by atomic mass is 16.3. The van der Waals surface area contributed by atoms with Crippen molar-refractivity contribution in [3.63, 3.8) is 0 Å². The van der Waals surface area contributed by atoms with Crippen LogP contribution in [0.4, 0.5) is 0 Å². The van der Waals surface area contributed by atoms with E-state index >= 15 is 0 Å². The minimum atomic E-state index is 0.261. The normalized spacial score (nSPS) is 10.9. The topological polar surface area (TPSA) is 48.9 Å². The second-order valence-electron chi connectivity index (χ2n) is 5.28. The van der Waals surface area contributed by atoms with Crippen LogP contribution >= 0.6 is 0 Å². The molecule has 3 heteroatoms. The molecule has 2 aromatic heterocycles. The lowest BCUT2D eigenvalue weighted by atomic mass is 10.1. The van der Waals surface area contributed by atoms with E-state index in [1.165, 1.54) is 0 Å².